The van der Waals surface area contributed by atoms with Crippen LogP contribution in [0.1, 0.15) is 66.3 Å². The van der Waals surface area contributed by atoms with Crippen LogP contribution in [0.5, 0.6) is 0 Å². The van der Waals surface area contributed by atoms with Gasteiger partial charge in [-0.3, -0.25) is 0 Å². The number of alkyl halides is 3. The minimum Gasteiger partial charge on any atom is -0.463 e. The van der Waals surface area contributed by atoms with Gasteiger partial charge in [0.15, 0.2) is 0 Å². The fourth-order valence-corrected chi connectivity index (χ4v) is 5.95. The molecule has 0 aliphatic rings. The number of halogens is 3. The molecule has 0 spiro atoms. The van der Waals surface area contributed by atoms with E-state index in [1.165, 1.54) is 6.07 Å². The SMILES string of the molecule is C=CC(=O)OCCCCCSc1ccc(C#Cc2ccc(C#Cc3ccc(SCCCCCOC(=O)C=C)cc3)c(C(F)(F)F)c2)cc1. The van der Waals surface area contributed by atoms with Crippen LogP contribution in [0, 0.1) is 23.7 Å². The van der Waals surface area contributed by atoms with Gasteiger partial charge in [-0.15, -0.1) is 23.5 Å². The lowest BCUT2D eigenvalue weighted by Crippen LogP contribution is -2.08. The number of unbranched alkanes of at least 4 members (excludes halogenated alkanes) is 4. The molecule has 3 rings (SSSR count). The van der Waals surface area contributed by atoms with Crippen LogP contribution in [0.2, 0.25) is 0 Å². The molecule has 0 radical (unpaired) electrons. The molecular weight excluding hydrogens is 654 g/mol. The van der Waals surface area contributed by atoms with Gasteiger partial charge < -0.3 is 9.47 Å². The van der Waals surface area contributed by atoms with Crippen LogP contribution in [0.4, 0.5) is 13.2 Å². The molecule has 48 heavy (non-hydrogen) atoms. The zero-order chi connectivity index (χ0) is 34.6. The summed E-state index contributed by atoms with van der Waals surface area (Å²) in [4.78, 5) is 24.2. The van der Waals surface area contributed by atoms with Gasteiger partial charge in [0.2, 0.25) is 0 Å². The maximum Gasteiger partial charge on any atom is 0.417 e. The molecule has 0 heterocycles. The molecule has 9 heteroatoms. The molecule has 0 fully saturated rings. The lowest BCUT2D eigenvalue weighted by Gasteiger charge is -2.09. The molecule has 3 aromatic rings. The first-order valence-corrected chi connectivity index (χ1v) is 17.4. The van der Waals surface area contributed by atoms with Gasteiger partial charge in [0.1, 0.15) is 0 Å². The number of carbonyl (C=O) groups excluding carboxylic acids is 2. The molecule has 0 saturated heterocycles. The monoisotopic (exact) mass is 690 g/mol. The fourth-order valence-electron chi connectivity index (χ4n) is 4.12. The Hall–Kier alpha value is -4.31. The Bertz CT molecular complexity index is 1640. The second kappa shape index (κ2) is 20.8. The molecule has 0 aliphatic carbocycles. The smallest absolute Gasteiger partial charge is 0.417 e. The molecule has 0 amide bonds. The molecule has 0 aromatic heterocycles. The summed E-state index contributed by atoms with van der Waals surface area (Å²) >= 11 is 3.39. The maximum atomic E-state index is 13.9. The highest BCUT2D eigenvalue weighted by atomic mass is 32.2. The van der Waals surface area contributed by atoms with Crippen LogP contribution in [-0.4, -0.2) is 36.7 Å². The lowest BCUT2D eigenvalue weighted by molar-refractivity contribution is -0.138. The first kappa shape index (κ1) is 38.1. The minimum atomic E-state index is -4.58. The maximum absolute atomic E-state index is 13.9. The molecule has 250 valence electrons. The van der Waals surface area contributed by atoms with Crippen LogP contribution in [0.3, 0.4) is 0 Å². The highest BCUT2D eigenvalue weighted by Crippen LogP contribution is 2.32. The third-order valence-corrected chi connectivity index (χ3v) is 8.86. The number of hydrogen-bond acceptors (Lipinski definition) is 6. The van der Waals surface area contributed by atoms with Crippen molar-refractivity contribution in [3.8, 4) is 23.7 Å². The van der Waals surface area contributed by atoms with Gasteiger partial charge in [0, 0.05) is 44.2 Å². The van der Waals surface area contributed by atoms with Crippen molar-refractivity contribution in [3.05, 3.63) is 120 Å². The van der Waals surface area contributed by atoms with Gasteiger partial charge in [0.25, 0.3) is 0 Å². The highest BCUT2D eigenvalue weighted by Gasteiger charge is 2.33. The first-order chi connectivity index (χ1) is 23.2. The summed E-state index contributed by atoms with van der Waals surface area (Å²) in [7, 11) is 0. The normalized spacial score (nSPS) is 10.6. The van der Waals surface area contributed by atoms with Gasteiger partial charge in [-0.25, -0.2) is 9.59 Å². The van der Waals surface area contributed by atoms with Crippen molar-refractivity contribution in [2.45, 2.75) is 54.5 Å². The molecule has 0 aliphatic heterocycles. The number of esters is 2. The van der Waals surface area contributed by atoms with E-state index < -0.39 is 23.7 Å². The fraction of sp³-hybridized carbons (Fsp3) is 0.282. The minimum absolute atomic E-state index is 0.107. The average molecular weight is 691 g/mol. The van der Waals surface area contributed by atoms with E-state index in [-0.39, 0.29) is 11.1 Å². The van der Waals surface area contributed by atoms with Crippen molar-refractivity contribution >= 4 is 35.5 Å². The van der Waals surface area contributed by atoms with Crippen LogP contribution < -0.4 is 0 Å². The number of hydrogen-bond donors (Lipinski definition) is 0. The van der Waals surface area contributed by atoms with E-state index in [1.54, 1.807) is 41.7 Å². The van der Waals surface area contributed by atoms with Gasteiger partial charge >= 0.3 is 18.1 Å². The Morgan fingerprint density at radius 3 is 1.52 bits per heavy atom. The van der Waals surface area contributed by atoms with Gasteiger partial charge in [-0.05, 0) is 117 Å². The summed E-state index contributed by atoms with van der Waals surface area (Å²) in [6.07, 6.45) is 3.13. The third kappa shape index (κ3) is 14.6. The van der Waals surface area contributed by atoms with Gasteiger partial charge in [0.05, 0.1) is 18.8 Å². The summed E-state index contributed by atoms with van der Waals surface area (Å²) in [5.41, 5.74) is 0.648. The van der Waals surface area contributed by atoms with Crippen molar-refractivity contribution in [1.82, 2.24) is 0 Å². The summed E-state index contributed by atoms with van der Waals surface area (Å²) < 4.78 is 51.8. The molecular formula is C39H37F3O4S2. The van der Waals surface area contributed by atoms with E-state index in [0.29, 0.717) is 24.3 Å². The second-order valence-electron chi connectivity index (χ2n) is 10.4. The van der Waals surface area contributed by atoms with Crippen LogP contribution in [-0.2, 0) is 25.2 Å². The zero-order valence-corrected chi connectivity index (χ0v) is 28.2. The van der Waals surface area contributed by atoms with Crippen molar-refractivity contribution in [3.63, 3.8) is 0 Å². The second-order valence-corrected chi connectivity index (χ2v) is 12.7. The van der Waals surface area contributed by atoms with Gasteiger partial charge in [-0.2, -0.15) is 13.2 Å². The molecule has 0 unspecified atom stereocenters. The summed E-state index contributed by atoms with van der Waals surface area (Å²) in [6, 6.07) is 19.0. The van der Waals surface area contributed by atoms with Crippen LogP contribution in [0.25, 0.3) is 0 Å². The number of ether oxygens (including phenoxy) is 2. The van der Waals surface area contributed by atoms with Crippen molar-refractivity contribution in [2.75, 3.05) is 24.7 Å². The van der Waals surface area contributed by atoms with E-state index in [2.05, 4.69) is 36.8 Å². The standard InChI is InChI=1S/C39H37F3O4S2/c1-3-37(43)45-25-7-5-9-27-47-34-21-15-30(16-22-34)11-12-32-14-20-33(36(29-32)39(40,41)42)19-13-31-17-23-35(24-18-31)48-28-10-6-8-26-46-38(44)4-2/h3-4,14-18,20-24,29H,1-2,5-10,25-28H2. The molecule has 4 nitrogen and oxygen atoms in total. The Kier molecular flexibility index (Phi) is 16.5. The Balaban J connectivity index is 1.51. The van der Waals surface area contributed by atoms with E-state index >= 15 is 0 Å². The zero-order valence-electron chi connectivity index (χ0n) is 26.6. The molecule has 3 aromatic carbocycles. The quantitative estimate of drug-likeness (QED) is 0.0491. The van der Waals surface area contributed by atoms with E-state index in [1.807, 2.05) is 36.4 Å². The largest absolute Gasteiger partial charge is 0.463 e. The molecule has 0 N–H and O–H groups in total. The highest BCUT2D eigenvalue weighted by molar-refractivity contribution is 7.99. The van der Waals surface area contributed by atoms with Crippen LogP contribution >= 0.6 is 23.5 Å². The Labute approximate surface area is 289 Å². The summed E-state index contributed by atoms with van der Waals surface area (Å²) in [5.74, 6) is 12.3. The van der Waals surface area contributed by atoms with Crippen LogP contribution in [0.15, 0.2) is 102 Å². The molecule has 0 saturated carbocycles. The Morgan fingerprint density at radius 2 is 1.06 bits per heavy atom. The molecule has 0 atom stereocenters. The molecule has 0 bridgehead atoms. The number of carbonyl (C=O) groups is 2. The predicted octanol–water partition coefficient (Wildman–Crippen LogP) is 9.49. The average Bonchev–Trinajstić information content (AvgIpc) is 3.09. The first-order valence-electron chi connectivity index (χ1n) is 15.5. The lowest BCUT2D eigenvalue weighted by atomic mass is 10.0. The number of benzene rings is 3. The van der Waals surface area contributed by atoms with Crippen molar-refractivity contribution in [2.24, 2.45) is 0 Å². The summed E-state index contributed by atoms with van der Waals surface area (Å²) in [6.45, 7) is 7.49. The Morgan fingerprint density at radius 1 is 0.625 bits per heavy atom. The van der Waals surface area contributed by atoms with E-state index in [0.717, 1.165) is 78.0 Å². The van der Waals surface area contributed by atoms with Crippen molar-refractivity contribution < 1.29 is 32.2 Å². The van der Waals surface area contributed by atoms with Gasteiger partial charge in [-0.1, -0.05) is 36.8 Å². The predicted molar refractivity (Wildman–Crippen MR) is 188 cm³/mol. The third-order valence-electron chi connectivity index (χ3n) is 6.66. The number of thioether (sulfide) groups is 2. The van der Waals surface area contributed by atoms with E-state index in [4.69, 9.17) is 9.47 Å². The van der Waals surface area contributed by atoms with E-state index in [9.17, 15) is 22.8 Å². The topological polar surface area (TPSA) is 52.6 Å². The summed E-state index contributed by atoms with van der Waals surface area (Å²) in [5, 5.41) is 0. The number of rotatable bonds is 16. The van der Waals surface area contributed by atoms with Crippen molar-refractivity contribution in [1.29, 1.82) is 0 Å².